The number of hydrogen-bond acceptors (Lipinski definition) is 3. The first-order valence-corrected chi connectivity index (χ1v) is 15.0. The van der Waals surface area contributed by atoms with Crippen LogP contribution in [0, 0.1) is 11.8 Å². The van der Waals surface area contributed by atoms with Gasteiger partial charge in [-0.1, -0.05) is 63.8 Å². The topological polar surface area (TPSA) is 35.6 Å². The second kappa shape index (κ2) is 11.4. The lowest BCUT2D eigenvalue weighted by Gasteiger charge is -2.55. The molecule has 5 rings (SSSR count). The summed E-state index contributed by atoms with van der Waals surface area (Å²) in [6.45, 7) is 12.6. The van der Waals surface area contributed by atoms with Crippen LogP contribution in [0.1, 0.15) is 101 Å². The molecule has 4 heteroatoms. The number of carbonyl (C=O) groups is 1. The number of fused-ring (bicyclic) bond motifs is 6. The van der Waals surface area contributed by atoms with Gasteiger partial charge in [0.15, 0.2) is 0 Å². The van der Waals surface area contributed by atoms with Gasteiger partial charge in [0.2, 0.25) is 0 Å². The summed E-state index contributed by atoms with van der Waals surface area (Å²) in [5.41, 5.74) is 3.95. The number of nitrogens with zero attached hydrogens (tertiary/aromatic N) is 2. The summed E-state index contributed by atoms with van der Waals surface area (Å²) in [5, 5.41) is 3.12. The monoisotopic (exact) mass is 491 g/mol. The highest BCUT2D eigenvalue weighted by Gasteiger charge is 2.45. The van der Waals surface area contributed by atoms with Crippen molar-refractivity contribution in [2.45, 2.75) is 102 Å². The van der Waals surface area contributed by atoms with Crippen LogP contribution in [0.2, 0.25) is 0 Å². The third-order valence-corrected chi connectivity index (χ3v) is 9.43. The van der Waals surface area contributed by atoms with E-state index in [-0.39, 0.29) is 11.3 Å². The lowest BCUT2D eigenvalue weighted by Crippen LogP contribution is -2.59. The average molecular weight is 492 g/mol. The lowest BCUT2D eigenvalue weighted by molar-refractivity contribution is -0.000974. The minimum Gasteiger partial charge on any atom is -0.352 e. The van der Waals surface area contributed by atoms with Crippen LogP contribution in [0.25, 0.3) is 0 Å². The number of piperidine rings is 3. The minimum atomic E-state index is 0.0575. The van der Waals surface area contributed by atoms with Crippen molar-refractivity contribution in [3.63, 3.8) is 0 Å². The van der Waals surface area contributed by atoms with Crippen molar-refractivity contribution >= 4 is 5.91 Å². The molecule has 0 aromatic heterocycles. The Kier molecular flexibility index (Phi) is 8.22. The molecule has 1 amide bonds. The summed E-state index contributed by atoms with van der Waals surface area (Å²) >= 11 is 0. The van der Waals surface area contributed by atoms with Crippen LogP contribution in [0.3, 0.4) is 0 Å². The normalized spacial score (nSPS) is 28.7. The summed E-state index contributed by atoms with van der Waals surface area (Å²) in [6, 6.07) is 9.66. The molecule has 4 aliphatic rings. The Bertz CT molecular complexity index is 914. The molecule has 0 radical (unpaired) electrons. The van der Waals surface area contributed by atoms with Gasteiger partial charge in [-0.25, -0.2) is 0 Å². The second-order valence-electron chi connectivity index (χ2n) is 13.0. The average Bonchev–Trinajstić information content (AvgIpc) is 2.87. The molecule has 3 fully saturated rings. The second-order valence-corrected chi connectivity index (χ2v) is 13.0. The van der Waals surface area contributed by atoms with E-state index in [4.69, 9.17) is 0 Å². The van der Waals surface area contributed by atoms with Gasteiger partial charge >= 0.3 is 0 Å². The minimum absolute atomic E-state index is 0.0575. The van der Waals surface area contributed by atoms with Gasteiger partial charge < -0.3 is 5.32 Å². The Balaban J connectivity index is 1.02. The number of nitrogens with one attached hydrogen (secondary N) is 1. The van der Waals surface area contributed by atoms with Crippen molar-refractivity contribution in [1.82, 2.24) is 15.1 Å². The molecule has 2 bridgehead atoms. The van der Waals surface area contributed by atoms with E-state index in [1.807, 2.05) is 12.1 Å². The maximum Gasteiger partial charge on any atom is 0.251 e. The number of hydrogen-bond donors (Lipinski definition) is 1. The van der Waals surface area contributed by atoms with E-state index in [9.17, 15) is 4.79 Å². The van der Waals surface area contributed by atoms with Crippen molar-refractivity contribution in [3.8, 4) is 0 Å². The highest BCUT2D eigenvalue weighted by molar-refractivity contribution is 5.94. The van der Waals surface area contributed by atoms with Crippen molar-refractivity contribution < 1.29 is 4.79 Å². The van der Waals surface area contributed by atoms with Gasteiger partial charge in [0.05, 0.1) is 0 Å². The van der Waals surface area contributed by atoms with Gasteiger partial charge in [-0.15, -0.1) is 0 Å². The quantitative estimate of drug-likeness (QED) is 0.349. The number of amides is 1. The molecule has 0 spiro atoms. The molecule has 3 saturated heterocycles. The summed E-state index contributed by atoms with van der Waals surface area (Å²) in [5.74, 6) is 1.75. The van der Waals surface area contributed by atoms with Crippen LogP contribution in [-0.2, 0) is 5.41 Å². The molecule has 1 aromatic carbocycles. The van der Waals surface area contributed by atoms with Crippen LogP contribution < -0.4 is 5.32 Å². The lowest BCUT2D eigenvalue weighted by atomic mass is 9.68. The molecule has 198 valence electrons. The summed E-state index contributed by atoms with van der Waals surface area (Å²) in [4.78, 5) is 18.2. The van der Waals surface area contributed by atoms with Crippen LogP contribution in [0.5, 0.6) is 0 Å². The molecular weight excluding hydrogens is 442 g/mol. The van der Waals surface area contributed by atoms with E-state index in [1.54, 1.807) is 5.57 Å². The number of benzene rings is 1. The van der Waals surface area contributed by atoms with Gasteiger partial charge in [-0.05, 0) is 99.5 Å². The number of likely N-dealkylation sites (tertiary alicyclic amines) is 1. The first-order chi connectivity index (χ1) is 17.4. The van der Waals surface area contributed by atoms with E-state index < -0.39 is 0 Å². The van der Waals surface area contributed by atoms with Crippen LogP contribution >= 0.6 is 0 Å². The fraction of sp³-hybridized carbons (Fsp3) is 0.719. The first kappa shape index (κ1) is 26.0. The van der Waals surface area contributed by atoms with Gasteiger partial charge in [-0.3, -0.25) is 14.6 Å². The maximum absolute atomic E-state index is 12.5. The molecule has 36 heavy (non-hydrogen) atoms. The molecule has 0 unspecified atom stereocenters. The van der Waals surface area contributed by atoms with Crippen LogP contribution in [-0.4, -0.2) is 60.5 Å². The Morgan fingerprint density at radius 2 is 1.81 bits per heavy atom. The van der Waals surface area contributed by atoms with Crippen molar-refractivity contribution in [2.75, 3.05) is 32.7 Å². The van der Waals surface area contributed by atoms with Gasteiger partial charge in [0.1, 0.15) is 0 Å². The molecule has 4 nitrogen and oxygen atoms in total. The molecular formula is C32H49N3O. The zero-order chi connectivity index (χ0) is 25.1. The highest BCUT2D eigenvalue weighted by atomic mass is 16.1. The van der Waals surface area contributed by atoms with Crippen molar-refractivity contribution in [3.05, 3.63) is 47.0 Å². The zero-order valence-corrected chi connectivity index (χ0v) is 23.1. The molecule has 0 saturated carbocycles. The van der Waals surface area contributed by atoms with E-state index in [0.717, 1.165) is 42.4 Å². The standard InChI is InChI=1S/C32H49N3O/c1-32(2,3)28-15-13-24(14-16-28)31(36)33-17-7-4-5-8-18-34-20-10-11-25-21-26-22-27(30(25)34)23-35-19-9-6-12-29(26)35/h13-16,21,26-27,29-30H,4-12,17-20,22-23H2,1-3H3,(H,33,36)/t26-,27+,29-,30-/m1/s1. The van der Waals surface area contributed by atoms with Crippen LogP contribution in [0.4, 0.5) is 0 Å². The van der Waals surface area contributed by atoms with Crippen molar-refractivity contribution in [1.29, 1.82) is 0 Å². The Morgan fingerprint density at radius 3 is 2.61 bits per heavy atom. The molecule has 4 atom stereocenters. The highest BCUT2D eigenvalue weighted by Crippen LogP contribution is 2.45. The van der Waals surface area contributed by atoms with Gasteiger partial charge in [0, 0.05) is 30.7 Å². The van der Waals surface area contributed by atoms with E-state index in [2.05, 4.69) is 54.1 Å². The Morgan fingerprint density at radius 1 is 1.00 bits per heavy atom. The summed E-state index contributed by atoms with van der Waals surface area (Å²) < 4.78 is 0. The van der Waals surface area contributed by atoms with E-state index >= 15 is 0 Å². The molecule has 1 aliphatic carbocycles. The Labute approximate surface area is 219 Å². The number of carbonyl (C=O) groups excluding carboxylic acids is 1. The van der Waals surface area contributed by atoms with Gasteiger partial charge in [0.25, 0.3) is 5.91 Å². The molecule has 3 aliphatic heterocycles. The molecule has 1 N–H and O–H groups in total. The van der Waals surface area contributed by atoms with Crippen molar-refractivity contribution in [2.24, 2.45) is 11.8 Å². The summed E-state index contributed by atoms with van der Waals surface area (Å²) in [6.07, 6.45) is 16.0. The number of rotatable bonds is 8. The Hall–Kier alpha value is -1.65. The maximum atomic E-state index is 12.5. The van der Waals surface area contributed by atoms with Gasteiger partial charge in [-0.2, -0.15) is 0 Å². The largest absolute Gasteiger partial charge is 0.352 e. The SMILES string of the molecule is CC(C)(C)c1ccc(C(=O)NCCCCCCN2CCCC3=C[C@@H]4C[C@@H](CN5CCCC[C@H]45)[C@@H]32)cc1. The van der Waals surface area contributed by atoms with E-state index in [1.165, 1.54) is 89.5 Å². The predicted octanol–water partition coefficient (Wildman–Crippen LogP) is 6.17. The third-order valence-electron chi connectivity index (χ3n) is 9.43. The molecule has 1 aromatic rings. The molecule has 3 heterocycles. The number of unbranched alkanes of at least 4 members (excludes halogenated alkanes) is 3. The fourth-order valence-electron chi connectivity index (χ4n) is 7.55. The smallest absolute Gasteiger partial charge is 0.251 e. The van der Waals surface area contributed by atoms with Crippen LogP contribution in [0.15, 0.2) is 35.9 Å². The first-order valence-electron chi connectivity index (χ1n) is 15.0. The predicted molar refractivity (Wildman–Crippen MR) is 149 cm³/mol. The van der Waals surface area contributed by atoms with E-state index in [0.29, 0.717) is 0 Å². The fourth-order valence-corrected chi connectivity index (χ4v) is 7.55. The third kappa shape index (κ3) is 5.91. The summed E-state index contributed by atoms with van der Waals surface area (Å²) in [7, 11) is 0. The zero-order valence-electron chi connectivity index (χ0n) is 23.1.